The molecule has 0 fully saturated rings. The summed E-state index contributed by atoms with van der Waals surface area (Å²) in [4.78, 5) is 3.85. The summed E-state index contributed by atoms with van der Waals surface area (Å²) in [7, 11) is -4.24. The molecule has 2 rings (SSSR count). The summed E-state index contributed by atoms with van der Waals surface area (Å²) in [6.07, 6.45) is 1.25. The number of oxazole rings is 1. The van der Waals surface area contributed by atoms with Gasteiger partial charge in [-0.1, -0.05) is 0 Å². The van der Waals surface area contributed by atoms with Crippen LogP contribution in [0.2, 0.25) is 0 Å². The van der Waals surface area contributed by atoms with Crippen molar-refractivity contribution in [3.8, 4) is 0 Å². The van der Waals surface area contributed by atoms with Crippen LogP contribution in [0.1, 0.15) is 0 Å². The number of aromatic nitrogens is 1. The van der Waals surface area contributed by atoms with Crippen molar-refractivity contribution in [3.63, 3.8) is 0 Å². The number of nitrogens with one attached hydrogen (secondary N) is 1. The van der Waals surface area contributed by atoms with Gasteiger partial charge in [-0.15, -0.1) is 0 Å². The Bertz CT molecular complexity index is 560. The Morgan fingerprint density at radius 1 is 1.43 bits per heavy atom. The Morgan fingerprint density at radius 3 is 2.93 bits per heavy atom. The quantitative estimate of drug-likeness (QED) is 0.728. The normalized spacial score (nSPS) is 11.8. The highest BCUT2D eigenvalue weighted by Gasteiger charge is 2.05. The van der Waals surface area contributed by atoms with Crippen molar-refractivity contribution < 1.29 is 17.4 Å². The first-order valence-electron chi connectivity index (χ1n) is 3.63. The molecule has 0 amide bonds. The van der Waals surface area contributed by atoms with Crippen LogP contribution in [0, 0.1) is 0 Å². The molecule has 1 aromatic heterocycles. The molecule has 1 heterocycles. The van der Waals surface area contributed by atoms with Gasteiger partial charge in [-0.3, -0.25) is 9.27 Å². The van der Waals surface area contributed by atoms with E-state index in [2.05, 4.69) is 4.98 Å². The van der Waals surface area contributed by atoms with Gasteiger partial charge in [-0.05, 0) is 12.1 Å². The molecule has 0 aliphatic heterocycles. The molecule has 2 N–H and O–H groups in total. The van der Waals surface area contributed by atoms with Gasteiger partial charge in [0.1, 0.15) is 5.52 Å². The largest absolute Gasteiger partial charge is 0.443 e. The third-order valence-electron chi connectivity index (χ3n) is 1.58. The Balaban J connectivity index is 2.44. The van der Waals surface area contributed by atoms with Crippen LogP contribution in [0.15, 0.2) is 29.0 Å². The summed E-state index contributed by atoms with van der Waals surface area (Å²) in [5.74, 6) is 0. The van der Waals surface area contributed by atoms with Crippen LogP contribution >= 0.6 is 0 Å². The summed E-state index contributed by atoms with van der Waals surface area (Å²) in [5.41, 5.74) is 1.28. The van der Waals surface area contributed by atoms with Crippen LogP contribution in [0.5, 0.6) is 0 Å². The summed E-state index contributed by atoms with van der Waals surface area (Å²) in [5, 5.41) is 0. The Morgan fingerprint density at radius 2 is 2.21 bits per heavy atom. The maximum atomic E-state index is 10.5. The van der Waals surface area contributed by atoms with Crippen molar-refractivity contribution >= 4 is 27.1 Å². The lowest BCUT2D eigenvalue weighted by Gasteiger charge is -2.00. The van der Waals surface area contributed by atoms with E-state index in [4.69, 9.17) is 8.97 Å². The summed E-state index contributed by atoms with van der Waals surface area (Å²) < 4.78 is 36.3. The average molecular weight is 214 g/mol. The van der Waals surface area contributed by atoms with Gasteiger partial charge in [0.05, 0.1) is 5.69 Å². The highest BCUT2D eigenvalue weighted by Crippen LogP contribution is 2.18. The summed E-state index contributed by atoms with van der Waals surface area (Å²) in [6.45, 7) is 0. The van der Waals surface area contributed by atoms with Gasteiger partial charge in [-0.25, -0.2) is 4.98 Å². The molecular formula is C7H6N2O4S. The standard InChI is InChI=1S/C7H6N2O4S/c10-14(11,12)9-5-1-2-6-7(3-5)13-4-8-6/h1-4,9H,(H,10,11,12). The third kappa shape index (κ3) is 1.83. The van der Waals surface area contributed by atoms with E-state index in [0.717, 1.165) is 0 Å². The second-order valence-corrected chi connectivity index (χ2v) is 3.77. The predicted octanol–water partition coefficient (Wildman–Crippen LogP) is 1.04. The molecule has 1 aromatic carbocycles. The average Bonchev–Trinajstić information content (AvgIpc) is 2.47. The second-order valence-electron chi connectivity index (χ2n) is 2.61. The molecular weight excluding hydrogens is 208 g/mol. The molecule has 7 heteroatoms. The maximum Gasteiger partial charge on any atom is 0.357 e. The summed E-state index contributed by atoms with van der Waals surface area (Å²) >= 11 is 0. The number of rotatable bonds is 2. The van der Waals surface area contributed by atoms with Crippen molar-refractivity contribution in [3.05, 3.63) is 24.6 Å². The topological polar surface area (TPSA) is 92.4 Å². The van der Waals surface area contributed by atoms with E-state index in [1.54, 1.807) is 6.07 Å². The van der Waals surface area contributed by atoms with Crippen molar-refractivity contribution in [1.29, 1.82) is 0 Å². The number of anilines is 1. The van der Waals surface area contributed by atoms with E-state index in [1.807, 2.05) is 4.72 Å². The Hall–Kier alpha value is -1.60. The minimum absolute atomic E-state index is 0.219. The number of hydrogen-bond acceptors (Lipinski definition) is 4. The molecule has 0 aliphatic rings. The fourth-order valence-electron chi connectivity index (χ4n) is 1.07. The van der Waals surface area contributed by atoms with E-state index in [9.17, 15) is 8.42 Å². The lowest BCUT2D eigenvalue weighted by atomic mass is 10.3. The van der Waals surface area contributed by atoms with Crippen molar-refractivity contribution in [1.82, 2.24) is 4.98 Å². The van der Waals surface area contributed by atoms with Crippen LogP contribution in [0.3, 0.4) is 0 Å². The van der Waals surface area contributed by atoms with Crippen LogP contribution in [-0.4, -0.2) is 18.0 Å². The lowest BCUT2D eigenvalue weighted by molar-refractivity contribution is 0.490. The molecule has 0 atom stereocenters. The fraction of sp³-hybridized carbons (Fsp3) is 0. The zero-order valence-corrected chi connectivity index (χ0v) is 7.65. The molecule has 14 heavy (non-hydrogen) atoms. The first-order valence-corrected chi connectivity index (χ1v) is 5.07. The van der Waals surface area contributed by atoms with Crippen LogP contribution in [0.25, 0.3) is 11.1 Å². The molecule has 0 spiro atoms. The predicted molar refractivity (Wildman–Crippen MR) is 49.2 cm³/mol. The van der Waals surface area contributed by atoms with Crippen molar-refractivity contribution in [2.75, 3.05) is 4.72 Å². The van der Waals surface area contributed by atoms with E-state index >= 15 is 0 Å². The van der Waals surface area contributed by atoms with E-state index < -0.39 is 10.3 Å². The van der Waals surface area contributed by atoms with E-state index in [0.29, 0.717) is 11.1 Å². The minimum Gasteiger partial charge on any atom is -0.443 e. The number of fused-ring (bicyclic) bond motifs is 1. The summed E-state index contributed by atoms with van der Waals surface area (Å²) in [6, 6.07) is 4.47. The molecule has 0 radical (unpaired) electrons. The molecule has 2 aromatic rings. The number of hydrogen-bond donors (Lipinski definition) is 2. The molecule has 0 bridgehead atoms. The van der Waals surface area contributed by atoms with Gasteiger partial charge >= 0.3 is 10.3 Å². The molecule has 0 saturated carbocycles. The monoisotopic (exact) mass is 214 g/mol. The van der Waals surface area contributed by atoms with Crippen LogP contribution in [-0.2, 0) is 10.3 Å². The third-order valence-corrected chi connectivity index (χ3v) is 2.07. The first-order chi connectivity index (χ1) is 6.54. The number of benzene rings is 1. The van der Waals surface area contributed by atoms with Crippen LogP contribution < -0.4 is 4.72 Å². The van der Waals surface area contributed by atoms with Gasteiger partial charge in [0.2, 0.25) is 0 Å². The molecule has 0 aliphatic carbocycles. The molecule has 0 saturated heterocycles. The zero-order chi connectivity index (χ0) is 10.2. The molecule has 6 nitrogen and oxygen atoms in total. The molecule has 0 unspecified atom stereocenters. The van der Waals surface area contributed by atoms with E-state index in [-0.39, 0.29) is 5.69 Å². The zero-order valence-electron chi connectivity index (χ0n) is 6.84. The van der Waals surface area contributed by atoms with Gasteiger partial charge < -0.3 is 4.42 Å². The van der Waals surface area contributed by atoms with Crippen LogP contribution in [0.4, 0.5) is 5.69 Å². The minimum atomic E-state index is -4.24. The number of nitrogens with zero attached hydrogens (tertiary/aromatic N) is 1. The lowest BCUT2D eigenvalue weighted by Crippen LogP contribution is -2.09. The van der Waals surface area contributed by atoms with Gasteiger partial charge in [0.15, 0.2) is 12.0 Å². The SMILES string of the molecule is O=S(=O)(O)Nc1ccc2ncoc2c1. The highest BCUT2D eigenvalue weighted by atomic mass is 32.2. The van der Waals surface area contributed by atoms with Gasteiger partial charge in [0.25, 0.3) is 0 Å². The maximum absolute atomic E-state index is 10.5. The van der Waals surface area contributed by atoms with Gasteiger partial charge in [0, 0.05) is 6.07 Å². The Labute approximate surface area is 79.4 Å². The fourth-order valence-corrected chi connectivity index (χ4v) is 1.49. The molecule has 74 valence electrons. The Kier molecular flexibility index (Phi) is 1.90. The smallest absolute Gasteiger partial charge is 0.357 e. The van der Waals surface area contributed by atoms with Crippen molar-refractivity contribution in [2.45, 2.75) is 0 Å². The van der Waals surface area contributed by atoms with E-state index in [1.165, 1.54) is 18.5 Å². The second kappa shape index (κ2) is 2.96. The first kappa shape index (κ1) is 8.97. The van der Waals surface area contributed by atoms with Crippen molar-refractivity contribution in [2.24, 2.45) is 0 Å². The van der Waals surface area contributed by atoms with Gasteiger partial charge in [-0.2, -0.15) is 8.42 Å². The highest BCUT2D eigenvalue weighted by molar-refractivity contribution is 7.87.